The summed E-state index contributed by atoms with van der Waals surface area (Å²) < 4.78 is 10.6. The normalized spacial score (nSPS) is 13.3. The third kappa shape index (κ3) is 2.86. The van der Waals surface area contributed by atoms with Gasteiger partial charge in [-0.05, 0) is 17.9 Å². The second kappa shape index (κ2) is 6.03. The molecule has 1 aromatic carbocycles. The van der Waals surface area contributed by atoms with Crippen LogP contribution in [0.5, 0.6) is 11.5 Å². The average molecular weight is 291 g/mol. The molecule has 18 heavy (non-hydrogen) atoms. The third-order valence-electron chi connectivity index (χ3n) is 3.39. The van der Waals surface area contributed by atoms with Gasteiger partial charge < -0.3 is 9.47 Å². The summed E-state index contributed by atoms with van der Waals surface area (Å²) in [6.45, 7) is 6.37. The van der Waals surface area contributed by atoms with E-state index in [-0.39, 0.29) is 10.8 Å². The van der Waals surface area contributed by atoms with Crippen LogP contribution in [0.15, 0.2) is 12.1 Å². The minimum atomic E-state index is -0.166. The lowest BCUT2D eigenvalue weighted by atomic mass is 9.82. The van der Waals surface area contributed by atoms with E-state index in [9.17, 15) is 0 Å². The van der Waals surface area contributed by atoms with Crippen molar-refractivity contribution in [2.75, 3.05) is 14.2 Å². The van der Waals surface area contributed by atoms with Crippen LogP contribution in [0.3, 0.4) is 0 Å². The molecule has 0 aliphatic carbocycles. The molecule has 0 amide bonds. The predicted molar refractivity (Wildman–Crippen MR) is 77.2 cm³/mol. The van der Waals surface area contributed by atoms with Crippen molar-refractivity contribution in [3.8, 4) is 11.5 Å². The summed E-state index contributed by atoms with van der Waals surface area (Å²) in [7, 11) is 3.17. The molecular formula is C14H20Cl2O2. The van der Waals surface area contributed by atoms with Gasteiger partial charge in [-0.1, -0.05) is 38.4 Å². The highest BCUT2D eigenvalue weighted by molar-refractivity contribution is 6.34. The van der Waals surface area contributed by atoms with Crippen LogP contribution >= 0.6 is 23.2 Å². The van der Waals surface area contributed by atoms with Crippen molar-refractivity contribution in [1.82, 2.24) is 0 Å². The Labute approximate surface area is 119 Å². The molecule has 0 aromatic heterocycles. The van der Waals surface area contributed by atoms with E-state index < -0.39 is 0 Å². The number of methoxy groups -OCH3 is 2. The molecule has 0 saturated carbocycles. The fraction of sp³-hybridized carbons (Fsp3) is 0.571. The second-order valence-electron chi connectivity index (χ2n) is 4.91. The van der Waals surface area contributed by atoms with Gasteiger partial charge >= 0.3 is 0 Å². The fourth-order valence-electron chi connectivity index (χ4n) is 1.72. The summed E-state index contributed by atoms with van der Waals surface area (Å²) in [4.78, 5) is 0. The zero-order valence-electron chi connectivity index (χ0n) is 11.5. The largest absolute Gasteiger partial charge is 0.495 e. The van der Waals surface area contributed by atoms with Crippen LogP contribution < -0.4 is 9.47 Å². The number of benzene rings is 1. The van der Waals surface area contributed by atoms with Crippen LogP contribution in [-0.2, 0) is 0 Å². The van der Waals surface area contributed by atoms with Crippen molar-refractivity contribution in [3.63, 3.8) is 0 Å². The van der Waals surface area contributed by atoms with Gasteiger partial charge in [0.1, 0.15) is 16.5 Å². The summed E-state index contributed by atoms with van der Waals surface area (Å²) in [5, 5.41) is 0.302. The Hall–Kier alpha value is -0.600. The molecule has 0 heterocycles. The highest BCUT2D eigenvalue weighted by atomic mass is 35.5. The van der Waals surface area contributed by atoms with Gasteiger partial charge in [-0.25, -0.2) is 0 Å². The minimum absolute atomic E-state index is 0.0350. The van der Waals surface area contributed by atoms with Crippen molar-refractivity contribution in [2.45, 2.75) is 32.6 Å². The topological polar surface area (TPSA) is 18.5 Å². The predicted octanol–water partition coefficient (Wildman–Crippen LogP) is 5.07. The zero-order valence-corrected chi connectivity index (χ0v) is 13.0. The maximum absolute atomic E-state index is 6.57. The molecule has 0 saturated heterocycles. The van der Waals surface area contributed by atoms with Gasteiger partial charge in [-0.15, -0.1) is 11.6 Å². The lowest BCUT2D eigenvalue weighted by molar-refractivity contribution is 0.324. The van der Waals surface area contributed by atoms with E-state index >= 15 is 0 Å². The van der Waals surface area contributed by atoms with E-state index in [0.717, 1.165) is 12.0 Å². The van der Waals surface area contributed by atoms with Gasteiger partial charge in [0.05, 0.1) is 19.6 Å². The fourth-order valence-corrected chi connectivity index (χ4v) is 2.37. The average Bonchev–Trinajstić information content (AvgIpc) is 2.37. The number of rotatable bonds is 5. The number of alkyl halides is 1. The first-order chi connectivity index (χ1) is 8.38. The first kappa shape index (κ1) is 15.5. The molecule has 102 valence electrons. The first-order valence-electron chi connectivity index (χ1n) is 5.93. The van der Waals surface area contributed by atoms with Crippen molar-refractivity contribution >= 4 is 23.2 Å². The van der Waals surface area contributed by atoms with Crippen LogP contribution in [0.1, 0.15) is 38.1 Å². The summed E-state index contributed by atoms with van der Waals surface area (Å²) >= 11 is 12.8. The molecular weight excluding hydrogens is 271 g/mol. The molecule has 0 aliphatic heterocycles. The van der Waals surface area contributed by atoms with Crippen molar-refractivity contribution < 1.29 is 9.47 Å². The summed E-state index contributed by atoms with van der Waals surface area (Å²) in [5.74, 6) is 1.19. The number of hydrogen-bond donors (Lipinski definition) is 0. The second-order valence-corrected chi connectivity index (χ2v) is 5.72. The van der Waals surface area contributed by atoms with Gasteiger partial charge in [0.15, 0.2) is 0 Å². The summed E-state index contributed by atoms with van der Waals surface area (Å²) in [6, 6.07) is 3.74. The SMILES string of the molecule is CCC(C)(C)C(Cl)c1ccc(OC)c(Cl)c1OC. The monoisotopic (exact) mass is 290 g/mol. The zero-order chi connectivity index (χ0) is 13.9. The summed E-state index contributed by atoms with van der Waals surface area (Å²) in [5.41, 5.74) is 0.865. The quantitative estimate of drug-likeness (QED) is 0.705. The molecule has 0 bridgehead atoms. The minimum Gasteiger partial charge on any atom is -0.495 e. The molecule has 1 unspecified atom stereocenters. The molecule has 0 N–H and O–H groups in total. The molecule has 0 radical (unpaired) electrons. The Bertz CT molecular complexity index is 417. The van der Waals surface area contributed by atoms with Gasteiger partial charge in [0, 0.05) is 5.56 Å². The van der Waals surface area contributed by atoms with E-state index in [2.05, 4.69) is 20.8 Å². The van der Waals surface area contributed by atoms with Gasteiger partial charge in [0.25, 0.3) is 0 Å². The lowest BCUT2D eigenvalue weighted by Crippen LogP contribution is -2.17. The molecule has 0 aliphatic rings. The van der Waals surface area contributed by atoms with Gasteiger partial charge in [0.2, 0.25) is 0 Å². The first-order valence-corrected chi connectivity index (χ1v) is 6.75. The number of halogens is 2. The Kier molecular flexibility index (Phi) is 5.18. The van der Waals surface area contributed by atoms with Crippen molar-refractivity contribution in [2.24, 2.45) is 5.41 Å². The van der Waals surface area contributed by atoms with E-state index in [4.69, 9.17) is 32.7 Å². The van der Waals surface area contributed by atoms with E-state index in [1.165, 1.54) is 0 Å². The highest BCUT2D eigenvalue weighted by Gasteiger charge is 2.31. The van der Waals surface area contributed by atoms with Gasteiger partial charge in [-0.2, -0.15) is 0 Å². The molecule has 0 fully saturated rings. The third-order valence-corrected chi connectivity index (χ3v) is 4.57. The number of ether oxygens (including phenoxy) is 2. The van der Waals surface area contributed by atoms with Gasteiger partial charge in [-0.3, -0.25) is 0 Å². The maximum atomic E-state index is 6.57. The Morgan fingerprint density at radius 1 is 1.22 bits per heavy atom. The molecule has 4 heteroatoms. The Balaban J connectivity index is 3.29. The molecule has 1 atom stereocenters. The van der Waals surface area contributed by atoms with Crippen LogP contribution in [0.2, 0.25) is 5.02 Å². The standard InChI is InChI=1S/C14H20Cl2O2/c1-6-14(2,3)13(16)9-7-8-10(17-4)11(15)12(9)18-5/h7-8,13H,6H2,1-5H3. The molecule has 2 nitrogen and oxygen atoms in total. The highest BCUT2D eigenvalue weighted by Crippen LogP contribution is 2.48. The molecule has 1 rings (SSSR count). The van der Waals surface area contributed by atoms with Crippen LogP contribution in [-0.4, -0.2) is 14.2 Å². The van der Waals surface area contributed by atoms with Crippen LogP contribution in [0, 0.1) is 5.41 Å². The smallest absolute Gasteiger partial charge is 0.145 e. The van der Waals surface area contributed by atoms with E-state index in [1.54, 1.807) is 14.2 Å². The number of hydrogen-bond acceptors (Lipinski definition) is 2. The van der Waals surface area contributed by atoms with Crippen molar-refractivity contribution in [3.05, 3.63) is 22.7 Å². The van der Waals surface area contributed by atoms with Crippen LogP contribution in [0.25, 0.3) is 0 Å². The van der Waals surface area contributed by atoms with E-state index in [1.807, 2.05) is 12.1 Å². The molecule has 1 aromatic rings. The Morgan fingerprint density at radius 2 is 1.83 bits per heavy atom. The maximum Gasteiger partial charge on any atom is 0.145 e. The van der Waals surface area contributed by atoms with E-state index in [0.29, 0.717) is 16.5 Å². The summed E-state index contributed by atoms with van der Waals surface area (Å²) in [6.07, 6.45) is 0.966. The van der Waals surface area contributed by atoms with Crippen LogP contribution in [0.4, 0.5) is 0 Å². The lowest BCUT2D eigenvalue weighted by Gasteiger charge is -2.30. The Morgan fingerprint density at radius 3 is 2.28 bits per heavy atom. The molecule has 0 spiro atoms. The van der Waals surface area contributed by atoms with Crippen molar-refractivity contribution in [1.29, 1.82) is 0 Å².